The molecule has 0 heterocycles. The Morgan fingerprint density at radius 2 is 1.85 bits per heavy atom. The molecule has 0 fully saturated rings. The van der Waals surface area contributed by atoms with Gasteiger partial charge in [-0.2, -0.15) is 0 Å². The van der Waals surface area contributed by atoms with E-state index in [-0.39, 0.29) is 24.6 Å². The highest BCUT2D eigenvalue weighted by atomic mass is 16.5. The molecule has 0 aromatic heterocycles. The molecule has 1 unspecified atom stereocenters. The highest BCUT2D eigenvalue weighted by molar-refractivity contribution is 5.80. The van der Waals surface area contributed by atoms with E-state index in [2.05, 4.69) is 10.6 Å². The van der Waals surface area contributed by atoms with Gasteiger partial charge in [-0.25, -0.2) is 0 Å². The van der Waals surface area contributed by atoms with Crippen LogP contribution in [0.15, 0.2) is 24.3 Å². The largest absolute Gasteiger partial charge is 0.491 e. The second kappa shape index (κ2) is 8.43. The molecule has 0 aliphatic rings. The second-order valence-electron chi connectivity index (χ2n) is 4.97. The van der Waals surface area contributed by atoms with E-state index in [1.165, 1.54) is 0 Å². The molecular weight excluding hydrogens is 256 g/mol. The molecule has 0 saturated carbocycles. The summed E-state index contributed by atoms with van der Waals surface area (Å²) in [6.07, 6.45) is 0.154. The number of methoxy groups -OCH3 is 1. The Labute approximate surface area is 120 Å². The minimum atomic E-state index is -0.0583. The lowest BCUT2D eigenvalue weighted by atomic mass is 10.3. The third kappa shape index (κ3) is 6.43. The van der Waals surface area contributed by atoms with Crippen LogP contribution in [0.4, 0.5) is 5.69 Å². The van der Waals surface area contributed by atoms with E-state index >= 15 is 0 Å². The molecule has 0 radical (unpaired) electrons. The fourth-order valence-electron chi connectivity index (χ4n) is 1.72. The third-order valence-corrected chi connectivity index (χ3v) is 2.50. The van der Waals surface area contributed by atoms with Crippen LogP contribution in [-0.2, 0) is 9.53 Å². The number of nitrogens with one attached hydrogen (secondary N) is 2. The van der Waals surface area contributed by atoms with Gasteiger partial charge >= 0.3 is 0 Å². The molecule has 0 spiro atoms. The molecule has 0 bridgehead atoms. The van der Waals surface area contributed by atoms with Crippen molar-refractivity contribution in [1.82, 2.24) is 5.32 Å². The maximum Gasteiger partial charge on any atom is 0.239 e. The lowest BCUT2D eigenvalue weighted by Gasteiger charge is -2.14. The molecule has 0 aliphatic carbocycles. The first kappa shape index (κ1) is 16.3. The summed E-state index contributed by atoms with van der Waals surface area (Å²) < 4.78 is 10.5. The quantitative estimate of drug-likeness (QED) is 0.765. The van der Waals surface area contributed by atoms with Gasteiger partial charge in [-0.3, -0.25) is 4.79 Å². The van der Waals surface area contributed by atoms with Crippen LogP contribution < -0.4 is 15.4 Å². The van der Waals surface area contributed by atoms with Gasteiger partial charge in [0.2, 0.25) is 5.91 Å². The predicted octanol–water partition coefficient (Wildman–Crippen LogP) is 2.04. The number of hydrogen-bond donors (Lipinski definition) is 2. The molecule has 5 nitrogen and oxygen atoms in total. The van der Waals surface area contributed by atoms with Crippen LogP contribution in [0.25, 0.3) is 0 Å². The summed E-state index contributed by atoms with van der Waals surface area (Å²) in [5, 5.41) is 5.90. The Bertz CT molecular complexity index is 404. The van der Waals surface area contributed by atoms with Crippen molar-refractivity contribution in [3.05, 3.63) is 24.3 Å². The van der Waals surface area contributed by atoms with Crippen LogP contribution in [-0.4, -0.2) is 38.3 Å². The van der Waals surface area contributed by atoms with Gasteiger partial charge in [0.05, 0.1) is 19.3 Å². The SMILES string of the molecule is COCC(C)NC(=O)CNc1ccc(OC(C)C)cc1. The molecule has 0 aliphatic heterocycles. The first-order valence-electron chi connectivity index (χ1n) is 6.80. The number of ether oxygens (including phenoxy) is 2. The first-order valence-corrected chi connectivity index (χ1v) is 6.80. The fourth-order valence-corrected chi connectivity index (χ4v) is 1.72. The molecule has 1 aromatic carbocycles. The van der Waals surface area contributed by atoms with Gasteiger partial charge in [0.1, 0.15) is 5.75 Å². The molecule has 2 N–H and O–H groups in total. The average molecular weight is 280 g/mol. The Morgan fingerprint density at radius 1 is 1.20 bits per heavy atom. The zero-order valence-electron chi connectivity index (χ0n) is 12.6. The maximum absolute atomic E-state index is 11.7. The average Bonchev–Trinajstić information content (AvgIpc) is 2.37. The highest BCUT2D eigenvalue weighted by Crippen LogP contribution is 2.16. The van der Waals surface area contributed by atoms with Crippen molar-refractivity contribution in [2.24, 2.45) is 0 Å². The van der Waals surface area contributed by atoms with E-state index in [0.29, 0.717) is 6.61 Å². The van der Waals surface area contributed by atoms with Crippen LogP contribution in [0.2, 0.25) is 0 Å². The van der Waals surface area contributed by atoms with E-state index in [0.717, 1.165) is 11.4 Å². The highest BCUT2D eigenvalue weighted by Gasteiger charge is 2.06. The number of hydrogen-bond acceptors (Lipinski definition) is 4. The molecule has 1 amide bonds. The van der Waals surface area contributed by atoms with Crippen LogP contribution in [0.1, 0.15) is 20.8 Å². The Kier molecular flexibility index (Phi) is 6.87. The number of anilines is 1. The Balaban J connectivity index is 2.36. The van der Waals surface area contributed by atoms with Crippen molar-refractivity contribution in [1.29, 1.82) is 0 Å². The summed E-state index contributed by atoms with van der Waals surface area (Å²) in [5.74, 6) is 0.765. The van der Waals surface area contributed by atoms with Crippen LogP contribution in [0.5, 0.6) is 5.75 Å². The smallest absolute Gasteiger partial charge is 0.239 e. The summed E-state index contributed by atoms with van der Waals surface area (Å²) in [7, 11) is 1.61. The number of benzene rings is 1. The van der Waals surface area contributed by atoms with Crippen LogP contribution >= 0.6 is 0 Å². The minimum absolute atomic E-state index is 0.0103. The molecule has 5 heteroatoms. The van der Waals surface area contributed by atoms with Crippen LogP contribution in [0.3, 0.4) is 0 Å². The molecular formula is C15H24N2O3. The number of amides is 1. The van der Waals surface area contributed by atoms with Crippen LogP contribution in [0, 0.1) is 0 Å². The summed E-state index contributed by atoms with van der Waals surface area (Å²) in [5.41, 5.74) is 0.885. The van der Waals surface area contributed by atoms with Crippen molar-refractivity contribution in [2.45, 2.75) is 32.9 Å². The third-order valence-electron chi connectivity index (χ3n) is 2.50. The monoisotopic (exact) mass is 280 g/mol. The zero-order chi connectivity index (χ0) is 15.0. The van der Waals surface area contributed by atoms with Gasteiger partial charge in [-0.05, 0) is 45.0 Å². The predicted molar refractivity (Wildman–Crippen MR) is 80.2 cm³/mol. The molecule has 1 atom stereocenters. The van der Waals surface area contributed by atoms with Crippen molar-refractivity contribution >= 4 is 11.6 Å². The normalized spacial score (nSPS) is 12.1. The van der Waals surface area contributed by atoms with Crippen molar-refractivity contribution < 1.29 is 14.3 Å². The summed E-state index contributed by atoms with van der Waals surface area (Å²) in [4.78, 5) is 11.7. The summed E-state index contributed by atoms with van der Waals surface area (Å²) >= 11 is 0. The molecule has 1 aromatic rings. The standard InChI is InChI=1S/C15H24N2O3/c1-11(2)20-14-7-5-13(6-8-14)16-9-15(18)17-12(3)10-19-4/h5-8,11-12,16H,9-10H2,1-4H3,(H,17,18). The number of carbonyl (C=O) groups is 1. The topological polar surface area (TPSA) is 59.6 Å². The van der Waals surface area contributed by atoms with E-state index < -0.39 is 0 Å². The molecule has 20 heavy (non-hydrogen) atoms. The second-order valence-corrected chi connectivity index (χ2v) is 4.97. The van der Waals surface area contributed by atoms with Gasteiger partial charge in [0, 0.05) is 18.8 Å². The van der Waals surface area contributed by atoms with Gasteiger partial charge < -0.3 is 20.1 Å². The molecule has 112 valence electrons. The Hall–Kier alpha value is -1.75. The van der Waals surface area contributed by atoms with E-state index in [9.17, 15) is 4.79 Å². The van der Waals surface area contributed by atoms with Crippen molar-refractivity contribution in [3.63, 3.8) is 0 Å². The maximum atomic E-state index is 11.7. The number of rotatable bonds is 8. The number of carbonyl (C=O) groups excluding carboxylic acids is 1. The van der Waals surface area contributed by atoms with Gasteiger partial charge in [0.25, 0.3) is 0 Å². The van der Waals surface area contributed by atoms with Gasteiger partial charge in [-0.1, -0.05) is 0 Å². The Morgan fingerprint density at radius 3 is 2.40 bits per heavy atom. The zero-order valence-corrected chi connectivity index (χ0v) is 12.6. The van der Waals surface area contributed by atoms with E-state index in [1.54, 1.807) is 7.11 Å². The lowest BCUT2D eigenvalue weighted by molar-refractivity contribution is -0.120. The molecule has 1 rings (SSSR count). The minimum Gasteiger partial charge on any atom is -0.491 e. The van der Waals surface area contributed by atoms with Crippen molar-refractivity contribution in [2.75, 3.05) is 25.6 Å². The van der Waals surface area contributed by atoms with Gasteiger partial charge in [0.15, 0.2) is 0 Å². The first-order chi connectivity index (χ1) is 9.51. The lowest BCUT2D eigenvalue weighted by Crippen LogP contribution is -2.39. The van der Waals surface area contributed by atoms with E-state index in [1.807, 2.05) is 45.0 Å². The summed E-state index contributed by atoms with van der Waals surface area (Å²) in [6, 6.07) is 7.56. The van der Waals surface area contributed by atoms with Gasteiger partial charge in [-0.15, -0.1) is 0 Å². The fraction of sp³-hybridized carbons (Fsp3) is 0.533. The van der Waals surface area contributed by atoms with E-state index in [4.69, 9.17) is 9.47 Å². The summed E-state index contributed by atoms with van der Waals surface area (Å²) in [6.45, 7) is 6.61. The molecule has 0 saturated heterocycles. The van der Waals surface area contributed by atoms with Crippen molar-refractivity contribution in [3.8, 4) is 5.75 Å².